The number of carboxylic acid groups (broad SMARTS) is 1. The summed E-state index contributed by atoms with van der Waals surface area (Å²) in [5.41, 5.74) is 0.407. The lowest BCUT2D eigenvalue weighted by atomic mass is 9.74. The van der Waals surface area contributed by atoms with Crippen molar-refractivity contribution in [2.75, 3.05) is 18.0 Å². The Hall–Kier alpha value is -3.70. The lowest BCUT2D eigenvalue weighted by molar-refractivity contribution is -0.138. The Balaban J connectivity index is 1.56. The Morgan fingerprint density at radius 1 is 1.06 bits per heavy atom. The maximum Gasteiger partial charge on any atom is 0.343 e. The number of carbonyl (C=O) groups is 2. The van der Waals surface area contributed by atoms with E-state index in [-0.39, 0.29) is 10.7 Å². The minimum Gasteiger partial charge on any atom is -0.479 e. The molecule has 5 rings (SSSR count). The number of anilines is 1. The molecule has 35 heavy (non-hydrogen) atoms. The fourth-order valence-corrected chi connectivity index (χ4v) is 6.40. The number of para-hydroxylation sites is 1. The number of sulfone groups is 1. The van der Waals surface area contributed by atoms with E-state index in [2.05, 4.69) is 15.3 Å². The van der Waals surface area contributed by atoms with Gasteiger partial charge in [-0.15, -0.1) is 0 Å². The summed E-state index contributed by atoms with van der Waals surface area (Å²) in [6.07, 6.45) is 2.86. The zero-order chi connectivity index (χ0) is 24.8. The van der Waals surface area contributed by atoms with Gasteiger partial charge in [-0.25, -0.2) is 27.6 Å². The molecule has 2 N–H and O–H groups in total. The summed E-state index contributed by atoms with van der Waals surface area (Å²) < 4.78 is 40.3. The van der Waals surface area contributed by atoms with E-state index in [0.717, 1.165) is 17.3 Å². The molecule has 0 radical (unpaired) electrons. The minimum atomic E-state index is -4.53. The molecule has 9 nitrogen and oxygen atoms in total. The molecule has 0 bridgehead atoms. The highest BCUT2D eigenvalue weighted by Crippen LogP contribution is 2.48. The number of hydrogen-bond donors (Lipinski definition) is 2. The van der Waals surface area contributed by atoms with Gasteiger partial charge in [-0.1, -0.05) is 18.2 Å². The molecule has 2 aliphatic rings. The number of amides is 1. The van der Waals surface area contributed by atoms with Crippen LogP contribution in [0, 0.1) is 5.82 Å². The van der Waals surface area contributed by atoms with Crippen LogP contribution in [0.4, 0.5) is 10.1 Å². The molecule has 1 saturated heterocycles. The topological polar surface area (TPSA) is 130 Å². The molecule has 1 amide bonds. The lowest BCUT2D eigenvalue weighted by Crippen LogP contribution is -2.54. The standard InChI is InChI=1S/C24H21FN4O5S/c25-16-13-27-20(28-14-16)15-5-7-17(8-6-15)35(33,34)21(22(30)31)29-19-4-2-1-3-18(19)24(23(29)32)9-11-26-12-10-24/h1-8,13-14,21,26H,9-12H2,(H,30,31). The highest BCUT2D eigenvalue weighted by atomic mass is 32.2. The van der Waals surface area contributed by atoms with Gasteiger partial charge < -0.3 is 10.4 Å². The van der Waals surface area contributed by atoms with Crippen molar-refractivity contribution in [1.29, 1.82) is 0 Å². The number of aliphatic carboxylic acids is 1. The second-order valence-electron chi connectivity index (χ2n) is 8.51. The maximum atomic E-state index is 13.8. The quantitative estimate of drug-likeness (QED) is 0.550. The van der Waals surface area contributed by atoms with Crippen LogP contribution in [0.1, 0.15) is 18.4 Å². The third kappa shape index (κ3) is 3.67. The number of carboxylic acids is 1. The van der Waals surface area contributed by atoms with Gasteiger partial charge in [0.1, 0.15) is 0 Å². The van der Waals surface area contributed by atoms with Crippen LogP contribution in [0.15, 0.2) is 65.8 Å². The van der Waals surface area contributed by atoms with Crippen molar-refractivity contribution >= 4 is 27.4 Å². The number of fused-ring (bicyclic) bond motifs is 2. The number of piperidine rings is 1. The van der Waals surface area contributed by atoms with Crippen LogP contribution in [0.25, 0.3) is 11.4 Å². The smallest absolute Gasteiger partial charge is 0.343 e. The highest BCUT2D eigenvalue weighted by molar-refractivity contribution is 7.93. The SMILES string of the molecule is O=C(O)C(N1C(=O)C2(CCNCC2)c2ccccc21)S(=O)(=O)c1ccc(-c2ncc(F)cn2)cc1. The number of hydrogen-bond acceptors (Lipinski definition) is 7. The number of nitrogens with zero attached hydrogens (tertiary/aromatic N) is 3. The van der Waals surface area contributed by atoms with Crippen molar-refractivity contribution in [3.63, 3.8) is 0 Å². The molecule has 0 saturated carbocycles. The minimum absolute atomic E-state index is 0.182. The van der Waals surface area contributed by atoms with Gasteiger partial charge >= 0.3 is 5.97 Å². The third-order valence-corrected chi connectivity index (χ3v) is 8.50. The Morgan fingerprint density at radius 2 is 1.69 bits per heavy atom. The third-order valence-electron chi connectivity index (χ3n) is 6.57. The molecule has 1 aromatic heterocycles. The monoisotopic (exact) mass is 496 g/mol. The van der Waals surface area contributed by atoms with Gasteiger partial charge in [-0.3, -0.25) is 9.69 Å². The van der Waals surface area contributed by atoms with Crippen molar-refractivity contribution in [3.8, 4) is 11.4 Å². The summed E-state index contributed by atoms with van der Waals surface area (Å²) in [4.78, 5) is 34.5. The van der Waals surface area contributed by atoms with E-state index in [1.165, 1.54) is 24.3 Å². The van der Waals surface area contributed by atoms with Crippen LogP contribution in [0.3, 0.4) is 0 Å². The van der Waals surface area contributed by atoms with E-state index in [1.807, 2.05) is 0 Å². The predicted octanol–water partition coefficient (Wildman–Crippen LogP) is 2.14. The van der Waals surface area contributed by atoms with Crippen LogP contribution in [0.5, 0.6) is 0 Å². The molecule has 180 valence electrons. The summed E-state index contributed by atoms with van der Waals surface area (Å²) in [6, 6.07) is 12.1. The van der Waals surface area contributed by atoms with Gasteiger partial charge in [0.05, 0.1) is 22.7 Å². The first kappa shape index (κ1) is 23.1. The first-order chi connectivity index (χ1) is 16.8. The van der Waals surface area contributed by atoms with Crippen LogP contribution in [0.2, 0.25) is 0 Å². The van der Waals surface area contributed by atoms with Crippen LogP contribution >= 0.6 is 0 Å². The number of aromatic nitrogens is 2. The molecule has 1 spiro atoms. The molecular weight excluding hydrogens is 475 g/mol. The second-order valence-corrected chi connectivity index (χ2v) is 10.5. The van der Waals surface area contributed by atoms with Gasteiger partial charge in [0, 0.05) is 11.3 Å². The average Bonchev–Trinajstić information content (AvgIpc) is 3.08. The van der Waals surface area contributed by atoms with Crippen molar-refractivity contribution < 1.29 is 27.5 Å². The van der Waals surface area contributed by atoms with Crippen LogP contribution in [-0.2, 0) is 24.8 Å². The molecule has 3 aromatic rings. The van der Waals surface area contributed by atoms with E-state index in [4.69, 9.17) is 0 Å². The summed E-state index contributed by atoms with van der Waals surface area (Å²) in [5, 5.41) is 11.1. The number of benzene rings is 2. The molecule has 2 aromatic carbocycles. The summed E-state index contributed by atoms with van der Waals surface area (Å²) in [5.74, 6) is -2.60. The molecule has 1 atom stereocenters. The van der Waals surface area contributed by atoms with E-state index >= 15 is 0 Å². The molecule has 1 fully saturated rings. The van der Waals surface area contributed by atoms with Crippen molar-refractivity contribution in [3.05, 3.63) is 72.3 Å². The predicted molar refractivity (Wildman–Crippen MR) is 124 cm³/mol. The van der Waals surface area contributed by atoms with Gasteiger partial charge in [0.2, 0.25) is 21.1 Å². The van der Waals surface area contributed by atoms with E-state index in [9.17, 15) is 27.5 Å². The van der Waals surface area contributed by atoms with Crippen LogP contribution < -0.4 is 10.2 Å². The van der Waals surface area contributed by atoms with Gasteiger partial charge in [0.15, 0.2) is 11.6 Å². The molecule has 3 heterocycles. The summed E-state index contributed by atoms with van der Waals surface area (Å²) >= 11 is 0. The number of rotatable bonds is 5. The highest BCUT2D eigenvalue weighted by Gasteiger charge is 2.56. The van der Waals surface area contributed by atoms with Gasteiger partial charge in [-0.2, -0.15) is 0 Å². The second kappa shape index (κ2) is 8.51. The molecule has 11 heteroatoms. The van der Waals surface area contributed by atoms with E-state index < -0.39 is 38.3 Å². The molecule has 2 aliphatic heterocycles. The fourth-order valence-electron chi connectivity index (χ4n) is 4.88. The van der Waals surface area contributed by atoms with E-state index in [0.29, 0.717) is 42.7 Å². The molecule has 1 unspecified atom stereocenters. The largest absolute Gasteiger partial charge is 0.479 e. The Morgan fingerprint density at radius 3 is 2.31 bits per heavy atom. The normalized spacial score (nSPS) is 17.9. The maximum absolute atomic E-state index is 13.8. The Bertz CT molecular complexity index is 1400. The first-order valence-corrected chi connectivity index (χ1v) is 12.5. The van der Waals surface area contributed by atoms with E-state index in [1.54, 1.807) is 24.3 Å². The fraction of sp³-hybridized carbons (Fsp3) is 0.250. The van der Waals surface area contributed by atoms with Gasteiger partial charge in [-0.05, 0) is 61.8 Å². The van der Waals surface area contributed by atoms with Crippen molar-refractivity contribution in [2.24, 2.45) is 0 Å². The van der Waals surface area contributed by atoms with Crippen molar-refractivity contribution in [2.45, 2.75) is 28.5 Å². The zero-order valence-corrected chi connectivity index (χ0v) is 19.2. The summed E-state index contributed by atoms with van der Waals surface area (Å²) in [6.45, 7) is 1.12. The molecular formula is C24H21FN4O5S. The molecule has 0 aliphatic carbocycles. The average molecular weight is 497 g/mol. The van der Waals surface area contributed by atoms with Crippen LogP contribution in [-0.4, -0.2) is 53.8 Å². The zero-order valence-electron chi connectivity index (χ0n) is 18.4. The summed E-state index contributed by atoms with van der Waals surface area (Å²) in [7, 11) is -4.53. The number of nitrogens with one attached hydrogen (secondary N) is 1. The van der Waals surface area contributed by atoms with Gasteiger partial charge in [0.25, 0.3) is 0 Å². The lowest BCUT2D eigenvalue weighted by Gasteiger charge is -2.34. The number of halogens is 1. The Kier molecular flexibility index (Phi) is 5.60. The Labute approximate surface area is 200 Å². The van der Waals surface area contributed by atoms with Crippen molar-refractivity contribution in [1.82, 2.24) is 15.3 Å². The first-order valence-electron chi connectivity index (χ1n) is 10.9. The number of carbonyl (C=O) groups excluding carboxylic acids is 1.